The van der Waals surface area contributed by atoms with Gasteiger partial charge in [0.05, 0.1) is 13.2 Å². The Hall–Kier alpha value is -1.32. The molecule has 1 aliphatic rings. The second-order valence-electron chi connectivity index (χ2n) is 6.12. The van der Waals surface area contributed by atoms with Crippen molar-refractivity contribution in [1.82, 2.24) is 4.90 Å². The van der Waals surface area contributed by atoms with E-state index in [1.165, 1.54) is 11.1 Å². The molecule has 0 bridgehead atoms. The highest BCUT2D eigenvalue weighted by atomic mass is 16.5. The summed E-state index contributed by atoms with van der Waals surface area (Å²) < 4.78 is 5.18. The van der Waals surface area contributed by atoms with E-state index >= 15 is 0 Å². The van der Waals surface area contributed by atoms with Crippen LogP contribution in [-0.4, -0.2) is 42.9 Å². The van der Waals surface area contributed by atoms with E-state index in [9.17, 15) is 5.11 Å². The number of piperidine rings is 1. The van der Waals surface area contributed by atoms with E-state index in [1.54, 1.807) is 7.11 Å². The molecular weight excluding hydrogens is 262 g/mol. The number of ether oxygens (including phenoxy) is 1. The minimum Gasteiger partial charge on any atom is -0.497 e. The molecule has 0 saturated carbocycles. The van der Waals surface area contributed by atoms with E-state index in [-0.39, 0.29) is 6.10 Å². The Morgan fingerprint density at radius 2 is 1.95 bits per heavy atom. The second-order valence-corrected chi connectivity index (χ2v) is 6.12. The van der Waals surface area contributed by atoms with Crippen LogP contribution in [0.5, 0.6) is 5.75 Å². The fraction of sp³-hybridized carbons (Fsp3) is 0.556. The molecular formula is C18H27NO2. The van der Waals surface area contributed by atoms with Crippen LogP contribution < -0.4 is 4.74 Å². The number of likely N-dealkylation sites (tertiary alicyclic amines) is 1. The van der Waals surface area contributed by atoms with Crippen molar-refractivity contribution >= 4 is 6.08 Å². The van der Waals surface area contributed by atoms with E-state index in [4.69, 9.17) is 4.74 Å². The first kappa shape index (κ1) is 16.1. The zero-order chi connectivity index (χ0) is 15.2. The molecule has 1 aromatic rings. The van der Waals surface area contributed by atoms with Crippen LogP contribution in [0, 0.1) is 5.92 Å². The molecule has 3 heteroatoms. The largest absolute Gasteiger partial charge is 0.497 e. The number of hydrogen-bond acceptors (Lipinski definition) is 3. The summed E-state index contributed by atoms with van der Waals surface area (Å²) in [7, 11) is 1.69. The van der Waals surface area contributed by atoms with Crippen molar-refractivity contribution in [2.75, 3.05) is 26.7 Å². The van der Waals surface area contributed by atoms with Gasteiger partial charge in [-0.05, 0) is 63.4 Å². The standard InChI is InChI=1S/C18H27NO2/c1-14(12-16-4-6-18(21-3)7-5-16)13-19-10-8-17(9-11-19)15(2)20/h4-7,12,15,17,20H,8-11,13H2,1-3H3/b14-12-. The lowest BCUT2D eigenvalue weighted by Crippen LogP contribution is -2.37. The first-order valence-electron chi connectivity index (χ1n) is 7.80. The third-order valence-corrected chi connectivity index (χ3v) is 4.32. The van der Waals surface area contributed by atoms with Gasteiger partial charge in [-0.2, -0.15) is 0 Å². The lowest BCUT2D eigenvalue weighted by atomic mass is 9.92. The predicted octanol–water partition coefficient (Wildman–Crippen LogP) is 3.19. The SMILES string of the molecule is COc1ccc(/C=C(/C)CN2CCC(C(C)O)CC2)cc1. The third kappa shape index (κ3) is 4.87. The average molecular weight is 289 g/mol. The van der Waals surface area contributed by atoms with Gasteiger partial charge in [-0.25, -0.2) is 0 Å². The van der Waals surface area contributed by atoms with E-state index in [1.807, 2.05) is 19.1 Å². The van der Waals surface area contributed by atoms with E-state index in [0.717, 1.165) is 38.2 Å². The molecule has 0 aromatic heterocycles. The third-order valence-electron chi connectivity index (χ3n) is 4.32. The van der Waals surface area contributed by atoms with Gasteiger partial charge >= 0.3 is 0 Å². The minimum atomic E-state index is -0.164. The fourth-order valence-corrected chi connectivity index (χ4v) is 2.98. The topological polar surface area (TPSA) is 32.7 Å². The Kier molecular flexibility index (Phi) is 5.83. The number of nitrogens with zero attached hydrogens (tertiary/aromatic N) is 1. The van der Waals surface area contributed by atoms with E-state index < -0.39 is 0 Å². The normalized spacial score (nSPS) is 19.5. The highest BCUT2D eigenvalue weighted by Gasteiger charge is 2.22. The highest BCUT2D eigenvalue weighted by Crippen LogP contribution is 2.21. The number of methoxy groups -OCH3 is 1. The maximum absolute atomic E-state index is 9.64. The van der Waals surface area contributed by atoms with Crippen LogP contribution in [0.2, 0.25) is 0 Å². The molecule has 21 heavy (non-hydrogen) atoms. The Balaban J connectivity index is 1.86. The van der Waals surface area contributed by atoms with Crippen LogP contribution in [0.25, 0.3) is 6.08 Å². The van der Waals surface area contributed by atoms with Crippen molar-refractivity contribution in [3.8, 4) is 5.75 Å². The predicted molar refractivity (Wildman–Crippen MR) is 87.5 cm³/mol. The van der Waals surface area contributed by atoms with Gasteiger partial charge in [0.15, 0.2) is 0 Å². The van der Waals surface area contributed by atoms with Gasteiger partial charge in [-0.3, -0.25) is 4.90 Å². The zero-order valence-electron chi connectivity index (χ0n) is 13.4. The molecule has 1 N–H and O–H groups in total. The van der Waals surface area contributed by atoms with Gasteiger partial charge in [0.1, 0.15) is 5.75 Å². The van der Waals surface area contributed by atoms with Crippen molar-refractivity contribution in [2.45, 2.75) is 32.8 Å². The summed E-state index contributed by atoms with van der Waals surface area (Å²) in [5.41, 5.74) is 2.59. The first-order chi connectivity index (χ1) is 10.1. The molecule has 2 rings (SSSR count). The molecule has 0 amide bonds. The zero-order valence-corrected chi connectivity index (χ0v) is 13.4. The molecule has 3 nitrogen and oxygen atoms in total. The van der Waals surface area contributed by atoms with Crippen LogP contribution in [0.15, 0.2) is 29.8 Å². The van der Waals surface area contributed by atoms with Crippen molar-refractivity contribution in [3.05, 3.63) is 35.4 Å². The van der Waals surface area contributed by atoms with Gasteiger partial charge in [0.25, 0.3) is 0 Å². The van der Waals surface area contributed by atoms with Crippen molar-refractivity contribution in [2.24, 2.45) is 5.92 Å². The number of aliphatic hydroxyl groups is 1. The average Bonchev–Trinajstić information content (AvgIpc) is 2.48. The highest BCUT2D eigenvalue weighted by molar-refractivity contribution is 5.53. The Labute approximate surface area is 128 Å². The van der Waals surface area contributed by atoms with Crippen LogP contribution in [0.3, 0.4) is 0 Å². The van der Waals surface area contributed by atoms with E-state index in [0.29, 0.717) is 5.92 Å². The fourth-order valence-electron chi connectivity index (χ4n) is 2.98. The molecule has 1 aliphatic heterocycles. The molecule has 1 saturated heterocycles. The van der Waals surface area contributed by atoms with Crippen LogP contribution in [0.1, 0.15) is 32.3 Å². The summed E-state index contributed by atoms with van der Waals surface area (Å²) in [5, 5.41) is 9.64. The van der Waals surface area contributed by atoms with Crippen LogP contribution >= 0.6 is 0 Å². The summed E-state index contributed by atoms with van der Waals surface area (Å²) in [4.78, 5) is 2.48. The summed E-state index contributed by atoms with van der Waals surface area (Å²) >= 11 is 0. The molecule has 0 spiro atoms. The number of aliphatic hydroxyl groups excluding tert-OH is 1. The number of rotatable bonds is 5. The molecule has 1 fully saturated rings. The summed E-state index contributed by atoms with van der Waals surface area (Å²) in [6, 6.07) is 8.16. The summed E-state index contributed by atoms with van der Waals surface area (Å²) in [6.45, 7) is 7.28. The summed E-state index contributed by atoms with van der Waals surface area (Å²) in [5.74, 6) is 1.37. The molecule has 116 valence electrons. The van der Waals surface area contributed by atoms with Gasteiger partial charge in [0, 0.05) is 6.54 Å². The molecule has 1 unspecified atom stereocenters. The van der Waals surface area contributed by atoms with Crippen LogP contribution in [-0.2, 0) is 0 Å². The molecule has 0 radical (unpaired) electrons. The van der Waals surface area contributed by atoms with E-state index in [2.05, 4.69) is 30.0 Å². The molecule has 1 aromatic carbocycles. The van der Waals surface area contributed by atoms with Crippen molar-refractivity contribution in [1.29, 1.82) is 0 Å². The maximum atomic E-state index is 9.64. The van der Waals surface area contributed by atoms with Gasteiger partial charge in [-0.15, -0.1) is 0 Å². The quantitative estimate of drug-likeness (QED) is 0.903. The number of hydrogen-bond donors (Lipinski definition) is 1. The monoisotopic (exact) mass is 289 g/mol. The van der Waals surface area contributed by atoms with Gasteiger partial charge < -0.3 is 9.84 Å². The molecule has 1 atom stereocenters. The first-order valence-corrected chi connectivity index (χ1v) is 7.80. The van der Waals surface area contributed by atoms with Gasteiger partial charge in [-0.1, -0.05) is 23.8 Å². The lowest BCUT2D eigenvalue weighted by Gasteiger charge is -2.33. The molecule has 0 aliphatic carbocycles. The second kappa shape index (κ2) is 7.62. The minimum absolute atomic E-state index is 0.164. The Morgan fingerprint density at radius 1 is 1.33 bits per heavy atom. The van der Waals surface area contributed by atoms with Crippen molar-refractivity contribution < 1.29 is 9.84 Å². The van der Waals surface area contributed by atoms with Gasteiger partial charge in [0.2, 0.25) is 0 Å². The Bertz CT molecular complexity index is 457. The van der Waals surface area contributed by atoms with Crippen LogP contribution in [0.4, 0.5) is 0 Å². The van der Waals surface area contributed by atoms with Crippen molar-refractivity contribution in [3.63, 3.8) is 0 Å². The smallest absolute Gasteiger partial charge is 0.118 e. The summed E-state index contributed by atoms with van der Waals surface area (Å²) in [6.07, 6.45) is 4.28. The number of benzene rings is 1. The molecule has 1 heterocycles. The Morgan fingerprint density at radius 3 is 2.48 bits per heavy atom. The lowest BCUT2D eigenvalue weighted by molar-refractivity contribution is 0.0749. The maximum Gasteiger partial charge on any atom is 0.118 e.